The van der Waals surface area contributed by atoms with Gasteiger partial charge in [0, 0.05) is 24.2 Å². The standard InChI is InChI=1S/C16H23NO2/c1-4-19-16-6-5-14(13(3)18)9-15(16)11-17-8-7-12(2)10-17/h5-6,9,12H,4,7-8,10-11H2,1-3H3. The number of hydrogen-bond acceptors (Lipinski definition) is 3. The van der Waals surface area contributed by atoms with Gasteiger partial charge in [0.05, 0.1) is 6.61 Å². The number of Topliss-reactive ketones (excluding diaryl/α,β-unsaturated/α-hetero) is 1. The van der Waals surface area contributed by atoms with Crippen molar-refractivity contribution in [2.24, 2.45) is 5.92 Å². The smallest absolute Gasteiger partial charge is 0.159 e. The number of likely N-dealkylation sites (tertiary alicyclic amines) is 1. The summed E-state index contributed by atoms with van der Waals surface area (Å²) in [6, 6.07) is 5.76. The molecule has 0 aliphatic carbocycles. The van der Waals surface area contributed by atoms with Crippen molar-refractivity contribution in [2.45, 2.75) is 33.7 Å². The van der Waals surface area contributed by atoms with Gasteiger partial charge < -0.3 is 4.74 Å². The highest BCUT2D eigenvalue weighted by Gasteiger charge is 2.20. The molecule has 0 saturated carbocycles. The zero-order valence-electron chi connectivity index (χ0n) is 12.1. The van der Waals surface area contributed by atoms with Gasteiger partial charge in [-0.15, -0.1) is 0 Å². The Morgan fingerprint density at radius 1 is 1.47 bits per heavy atom. The average Bonchev–Trinajstić information content (AvgIpc) is 2.77. The molecule has 3 heteroatoms. The van der Waals surface area contributed by atoms with Crippen LogP contribution in [0.15, 0.2) is 18.2 Å². The molecule has 0 bridgehead atoms. The van der Waals surface area contributed by atoms with Crippen LogP contribution in [0.2, 0.25) is 0 Å². The van der Waals surface area contributed by atoms with Crippen LogP contribution in [0, 0.1) is 5.92 Å². The number of benzene rings is 1. The molecule has 104 valence electrons. The van der Waals surface area contributed by atoms with E-state index in [0.29, 0.717) is 6.61 Å². The van der Waals surface area contributed by atoms with Crippen molar-refractivity contribution in [3.63, 3.8) is 0 Å². The van der Waals surface area contributed by atoms with Crippen LogP contribution in [-0.2, 0) is 6.54 Å². The van der Waals surface area contributed by atoms with Crippen molar-refractivity contribution in [3.8, 4) is 5.75 Å². The lowest BCUT2D eigenvalue weighted by Gasteiger charge is -2.18. The summed E-state index contributed by atoms with van der Waals surface area (Å²) in [7, 11) is 0. The van der Waals surface area contributed by atoms with Gasteiger partial charge in [-0.2, -0.15) is 0 Å². The summed E-state index contributed by atoms with van der Waals surface area (Å²) < 4.78 is 5.67. The van der Waals surface area contributed by atoms with Gasteiger partial charge in [0.1, 0.15) is 5.75 Å². The lowest BCUT2D eigenvalue weighted by Crippen LogP contribution is -2.20. The lowest BCUT2D eigenvalue weighted by molar-refractivity contribution is 0.101. The predicted molar refractivity (Wildman–Crippen MR) is 76.7 cm³/mol. The number of carbonyl (C=O) groups excluding carboxylic acids is 1. The summed E-state index contributed by atoms with van der Waals surface area (Å²) in [5, 5.41) is 0. The molecule has 19 heavy (non-hydrogen) atoms. The molecular formula is C16H23NO2. The Kier molecular flexibility index (Phi) is 4.59. The predicted octanol–water partition coefficient (Wildman–Crippen LogP) is 3.13. The zero-order valence-corrected chi connectivity index (χ0v) is 12.1. The molecule has 1 heterocycles. The molecule has 0 aromatic heterocycles. The van der Waals surface area contributed by atoms with Gasteiger partial charge in [0.25, 0.3) is 0 Å². The van der Waals surface area contributed by atoms with E-state index in [9.17, 15) is 4.79 Å². The zero-order chi connectivity index (χ0) is 13.8. The first-order chi connectivity index (χ1) is 9.10. The Labute approximate surface area is 115 Å². The SMILES string of the molecule is CCOc1ccc(C(C)=O)cc1CN1CCC(C)C1. The van der Waals surface area contributed by atoms with E-state index in [0.717, 1.165) is 42.4 Å². The van der Waals surface area contributed by atoms with Gasteiger partial charge in [0.15, 0.2) is 5.78 Å². The second kappa shape index (κ2) is 6.20. The van der Waals surface area contributed by atoms with Crippen LogP contribution in [-0.4, -0.2) is 30.4 Å². The molecule has 3 nitrogen and oxygen atoms in total. The van der Waals surface area contributed by atoms with Crippen LogP contribution in [0.1, 0.15) is 43.1 Å². The third kappa shape index (κ3) is 3.57. The van der Waals surface area contributed by atoms with Gasteiger partial charge in [-0.25, -0.2) is 0 Å². The number of ether oxygens (including phenoxy) is 1. The maximum atomic E-state index is 11.5. The van der Waals surface area contributed by atoms with Gasteiger partial charge in [-0.1, -0.05) is 6.92 Å². The van der Waals surface area contributed by atoms with Crippen molar-refractivity contribution >= 4 is 5.78 Å². The minimum atomic E-state index is 0.110. The molecule has 1 aromatic carbocycles. The maximum absolute atomic E-state index is 11.5. The van der Waals surface area contributed by atoms with Crippen molar-refractivity contribution in [2.75, 3.05) is 19.7 Å². The van der Waals surface area contributed by atoms with E-state index in [1.54, 1.807) is 6.92 Å². The van der Waals surface area contributed by atoms with Gasteiger partial charge in [0.2, 0.25) is 0 Å². The average molecular weight is 261 g/mol. The summed E-state index contributed by atoms with van der Waals surface area (Å²) in [5.74, 6) is 1.79. The minimum absolute atomic E-state index is 0.110. The van der Waals surface area contributed by atoms with Crippen LogP contribution >= 0.6 is 0 Å². The highest BCUT2D eigenvalue weighted by atomic mass is 16.5. The number of ketones is 1. The van der Waals surface area contributed by atoms with Crippen LogP contribution < -0.4 is 4.74 Å². The van der Waals surface area contributed by atoms with E-state index < -0.39 is 0 Å². The Balaban J connectivity index is 2.19. The molecule has 2 rings (SSSR count). The lowest BCUT2D eigenvalue weighted by atomic mass is 10.1. The first-order valence-electron chi connectivity index (χ1n) is 7.09. The van der Waals surface area contributed by atoms with Crippen molar-refractivity contribution in [1.82, 2.24) is 4.90 Å². The molecule has 1 fully saturated rings. The van der Waals surface area contributed by atoms with Crippen molar-refractivity contribution in [3.05, 3.63) is 29.3 Å². The summed E-state index contributed by atoms with van der Waals surface area (Å²) in [6.45, 7) is 9.68. The molecule has 1 saturated heterocycles. The van der Waals surface area contributed by atoms with Gasteiger partial charge in [-0.3, -0.25) is 9.69 Å². The Hall–Kier alpha value is -1.35. The normalized spacial score (nSPS) is 19.6. The fourth-order valence-electron chi connectivity index (χ4n) is 2.63. The van der Waals surface area contributed by atoms with Crippen LogP contribution in [0.4, 0.5) is 0 Å². The second-order valence-electron chi connectivity index (χ2n) is 5.44. The van der Waals surface area contributed by atoms with E-state index in [1.165, 1.54) is 6.42 Å². The summed E-state index contributed by atoms with van der Waals surface area (Å²) in [5.41, 5.74) is 1.90. The van der Waals surface area contributed by atoms with E-state index in [1.807, 2.05) is 25.1 Å². The van der Waals surface area contributed by atoms with Crippen molar-refractivity contribution < 1.29 is 9.53 Å². The molecule has 0 N–H and O–H groups in total. The fraction of sp³-hybridized carbons (Fsp3) is 0.562. The fourth-order valence-corrected chi connectivity index (χ4v) is 2.63. The summed E-state index contributed by atoms with van der Waals surface area (Å²) in [4.78, 5) is 13.9. The number of nitrogens with zero attached hydrogens (tertiary/aromatic N) is 1. The Morgan fingerprint density at radius 2 is 2.26 bits per heavy atom. The maximum Gasteiger partial charge on any atom is 0.159 e. The number of rotatable bonds is 5. The van der Waals surface area contributed by atoms with E-state index >= 15 is 0 Å². The summed E-state index contributed by atoms with van der Waals surface area (Å²) in [6.07, 6.45) is 1.26. The van der Waals surface area contributed by atoms with Crippen LogP contribution in [0.25, 0.3) is 0 Å². The molecule has 1 atom stereocenters. The van der Waals surface area contributed by atoms with Gasteiger partial charge >= 0.3 is 0 Å². The summed E-state index contributed by atoms with van der Waals surface area (Å²) >= 11 is 0. The quantitative estimate of drug-likeness (QED) is 0.763. The van der Waals surface area contributed by atoms with Gasteiger partial charge in [-0.05, 0) is 50.9 Å². The number of hydrogen-bond donors (Lipinski definition) is 0. The topological polar surface area (TPSA) is 29.5 Å². The minimum Gasteiger partial charge on any atom is -0.494 e. The third-order valence-corrected chi connectivity index (χ3v) is 3.67. The molecule has 1 aromatic rings. The molecule has 1 aliphatic rings. The second-order valence-corrected chi connectivity index (χ2v) is 5.44. The van der Waals surface area contributed by atoms with E-state index in [-0.39, 0.29) is 5.78 Å². The number of carbonyl (C=O) groups is 1. The Bertz CT molecular complexity index is 456. The molecular weight excluding hydrogens is 238 g/mol. The highest BCUT2D eigenvalue weighted by molar-refractivity contribution is 5.94. The molecule has 1 aliphatic heterocycles. The monoisotopic (exact) mass is 261 g/mol. The molecule has 0 amide bonds. The first-order valence-corrected chi connectivity index (χ1v) is 7.09. The van der Waals surface area contributed by atoms with Crippen LogP contribution in [0.3, 0.4) is 0 Å². The third-order valence-electron chi connectivity index (χ3n) is 3.67. The molecule has 0 spiro atoms. The van der Waals surface area contributed by atoms with Crippen LogP contribution in [0.5, 0.6) is 5.75 Å². The largest absolute Gasteiger partial charge is 0.494 e. The van der Waals surface area contributed by atoms with E-state index in [4.69, 9.17) is 4.74 Å². The molecule has 1 unspecified atom stereocenters. The first kappa shape index (κ1) is 14.1. The molecule has 0 radical (unpaired) electrons. The Morgan fingerprint density at radius 3 is 2.84 bits per heavy atom. The highest BCUT2D eigenvalue weighted by Crippen LogP contribution is 2.25. The van der Waals surface area contributed by atoms with E-state index in [2.05, 4.69) is 11.8 Å². The van der Waals surface area contributed by atoms with Crippen molar-refractivity contribution in [1.29, 1.82) is 0 Å².